The zero-order valence-electron chi connectivity index (χ0n) is 12.3. The molecule has 0 atom stereocenters. The number of para-hydroxylation sites is 1. The number of aromatic nitrogens is 2. The molecule has 0 saturated carbocycles. The van der Waals surface area contributed by atoms with Gasteiger partial charge >= 0.3 is 0 Å². The molecule has 7 heteroatoms. The molecule has 2 aromatic rings. The second kappa shape index (κ2) is 9.17. The Morgan fingerprint density at radius 2 is 2.05 bits per heavy atom. The standard InChI is InChI=1S/C15H20N4O2.ClH/c16-8-3-4-9-17-14(20)7-10-19-11-18-13-6-2-1-5-12(13)15(19)21;/h1-2,5-6,11H,3-4,7-10,16H2,(H,17,20);1H. The van der Waals surface area contributed by atoms with Gasteiger partial charge in [-0.05, 0) is 31.5 Å². The molecule has 0 fully saturated rings. The molecule has 3 N–H and O–H groups in total. The van der Waals surface area contributed by atoms with Gasteiger partial charge in [0.1, 0.15) is 0 Å². The summed E-state index contributed by atoms with van der Waals surface area (Å²) < 4.78 is 1.47. The normalized spacial score (nSPS) is 10.2. The van der Waals surface area contributed by atoms with E-state index in [1.54, 1.807) is 18.2 Å². The maximum atomic E-state index is 12.2. The molecule has 0 aliphatic rings. The number of unbranched alkanes of at least 4 members (excludes halogenated alkanes) is 1. The number of carbonyl (C=O) groups excluding carboxylic acids is 1. The number of carbonyl (C=O) groups is 1. The fourth-order valence-electron chi connectivity index (χ4n) is 2.07. The van der Waals surface area contributed by atoms with E-state index in [0.29, 0.717) is 30.5 Å². The number of nitrogens with zero attached hydrogens (tertiary/aromatic N) is 2. The molecule has 0 aliphatic heterocycles. The molecular formula is C15H21ClN4O2. The molecule has 120 valence electrons. The Morgan fingerprint density at radius 1 is 1.27 bits per heavy atom. The van der Waals surface area contributed by atoms with Gasteiger partial charge < -0.3 is 11.1 Å². The fraction of sp³-hybridized carbons (Fsp3) is 0.400. The quantitative estimate of drug-likeness (QED) is 0.745. The molecule has 22 heavy (non-hydrogen) atoms. The number of amides is 1. The minimum atomic E-state index is -0.114. The number of benzene rings is 1. The molecule has 0 radical (unpaired) electrons. The molecule has 0 bridgehead atoms. The van der Waals surface area contributed by atoms with Gasteiger partial charge in [0.2, 0.25) is 5.91 Å². The van der Waals surface area contributed by atoms with Gasteiger partial charge in [0.15, 0.2) is 0 Å². The van der Waals surface area contributed by atoms with Crippen LogP contribution in [0.25, 0.3) is 10.9 Å². The van der Waals surface area contributed by atoms with E-state index in [-0.39, 0.29) is 30.3 Å². The van der Waals surface area contributed by atoms with E-state index in [1.165, 1.54) is 10.9 Å². The molecule has 1 amide bonds. The van der Waals surface area contributed by atoms with Gasteiger partial charge in [0.05, 0.1) is 17.2 Å². The zero-order chi connectivity index (χ0) is 15.1. The van der Waals surface area contributed by atoms with Crippen molar-refractivity contribution in [3.05, 3.63) is 40.9 Å². The summed E-state index contributed by atoms with van der Waals surface area (Å²) in [5.74, 6) is -0.0629. The van der Waals surface area contributed by atoms with E-state index < -0.39 is 0 Å². The van der Waals surface area contributed by atoms with Gasteiger partial charge in [-0.15, -0.1) is 12.4 Å². The van der Waals surface area contributed by atoms with Crippen LogP contribution in [0.4, 0.5) is 0 Å². The van der Waals surface area contributed by atoms with E-state index in [9.17, 15) is 9.59 Å². The average Bonchev–Trinajstić information content (AvgIpc) is 2.51. The summed E-state index contributed by atoms with van der Waals surface area (Å²) in [7, 11) is 0. The highest BCUT2D eigenvalue weighted by Gasteiger charge is 2.05. The number of hydrogen-bond acceptors (Lipinski definition) is 4. The summed E-state index contributed by atoms with van der Waals surface area (Å²) in [5, 5.41) is 3.39. The van der Waals surface area contributed by atoms with Crippen molar-refractivity contribution in [3.8, 4) is 0 Å². The van der Waals surface area contributed by atoms with Gasteiger partial charge in [0.25, 0.3) is 5.56 Å². The molecule has 2 rings (SSSR count). The van der Waals surface area contributed by atoms with E-state index in [1.807, 2.05) is 6.07 Å². The smallest absolute Gasteiger partial charge is 0.261 e. The van der Waals surface area contributed by atoms with Crippen molar-refractivity contribution >= 4 is 29.2 Å². The lowest BCUT2D eigenvalue weighted by molar-refractivity contribution is -0.121. The van der Waals surface area contributed by atoms with Gasteiger partial charge in [-0.3, -0.25) is 14.2 Å². The second-order valence-electron chi connectivity index (χ2n) is 4.86. The van der Waals surface area contributed by atoms with Crippen LogP contribution in [-0.2, 0) is 11.3 Å². The van der Waals surface area contributed by atoms with Crippen LogP contribution in [0.2, 0.25) is 0 Å². The minimum Gasteiger partial charge on any atom is -0.356 e. The van der Waals surface area contributed by atoms with Crippen LogP contribution in [0.5, 0.6) is 0 Å². The second-order valence-corrected chi connectivity index (χ2v) is 4.86. The first-order valence-corrected chi connectivity index (χ1v) is 7.13. The van der Waals surface area contributed by atoms with Crippen LogP contribution >= 0.6 is 12.4 Å². The zero-order valence-corrected chi connectivity index (χ0v) is 13.1. The number of fused-ring (bicyclic) bond motifs is 1. The van der Waals surface area contributed by atoms with Crippen molar-refractivity contribution in [3.63, 3.8) is 0 Å². The highest BCUT2D eigenvalue weighted by Crippen LogP contribution is 2.04. The van der Waals surface area contributed by atoms with Crippen molar-refractivity contribution in [2.45, 2.75) is 25.8 Å². The summed E-state index contributed by atoms with van der Waals surface area (Å²) in [6.07, 6.45) is 3.53. The summed E-state index contributed by atoms with van der Waals surface area (Å²) in [6.45, 7) is 1.59. The van der Waals surface area contributed by atoms with Gasteiger partial charge in [-0.25, -0.2) is 4.98 Å². The first-order valence-electron chi connectivity index (χ1n) is 7.13. The van der Waals surface area contributed by atoms with Crippen molar-refractivity contribution < 1.29 is 4.79 Å². The first-order chi connectivity index (χ1) is 10.2. The van der Waals surface area contributed by atoms with E-state index in [4.69, 9.17) is 5.73 Å². The maximum absolute atomic E-state index is 12.2. The summed E-state index contributed by atoms with van der Waals surface area (Å²) in [6, 6.07) is 7.19. The Labute approximate surface area is 135 Å². The number of rotatable bonds is 7. The molecule has 0 unspecified atom stereocenters. The van der Waals surface area contributed by atoms with Gasteiger partial charge in [-0.1, -0.05) is 12.1 Å². The molecule has 0 saturated heterocycles. The third kappa shape index (κ3) is 4.82. The van der Waals surface area contributed by atoms with E-state index >= 15 is 0 Å². The molecule has 6 nitrogen and oxygen atoms in total. The number of hydrogen-bond donors (Lipinski definition) is 2. The largest absolute Gasteiger partial charge is 0.356 e. The predicted molar refractivity (Wildman–Crippen MR) is 89.2 cm³/mol. The Morgan fingerprint density at radius 3 is 2.82 bits per heavy atom. The molecule has 0 spiro atoms. The Hall–Kier alpha value is -1.92. The fourth-order valence-corrected chi connectivity index (χ4v) is 2.07. The lowest BCUT2D eigenvalue weighted by atomic mass is 10.2. The van der Waals surface area contributed by atoms with Crippen LogP contribution in [0.1, 0.15) is 19.3 Å². The molecular weight excluding hydrogens is 304 g/mol. The molecule has 1 aromatic carbocycles. The number of nitrogens with one attached hydrogen (secondary N) is 1. The van der Waals surface area contributed by atoms with Crippen LogP contribution in [0, 0.1) is 0 Å². The van der Waals surface area contributed by atoms with Crippen LogP contribution < -0.4 is 16.6 Å². The van der Waals surface area contributed by atoms with Crippen molar-refractivity contribution in [2.24, 2.45) is 5.73 Å². The minimum absolute atomic E-state index is 0. The molecule has 1 heterocycles. The topological polar surface area (TPSA) is 90.0 Å². The summed E-state index contributed by atoms with van der Waals surface area (Å²) in [5.41, 5.74) is 5.94. The third-order valence-corrected chi connectivity index (χ3v) is 3.26. The summed E-state index contributed by atoms with van der Waals surface area (Å²) in [4.78, 5) is 28.1. The molecule has 0 aliphatic carbocycles. The number of aryl methyl sites for hydroxylation is 1. The van der Waals surface area contributed by atoms with Gasteiger partial charge in [-0.2, -0.15) is 0 Å². The van der Waals surface area contributed by atoms with E-state index in [2.05, 4.69) is 10.3 Å². The van der Waals surface area contributed by atoms with Crippen molar-refractivity contribution in [1.29, 1.82) is 0 Å². The van der Waals surface area contributed by atoms with Crippen LogP contribution in [0.15, 0.2) is 35.4 Å². The lowest BCUT2D eigenvalue weighted by Gasteiger charge is -2.07. The number of halogens is 1. The Bertz CT molecular complexity index is 672. The highest BCUT2D eigenvalue weighted by atomic mass is 35.5. The van der Waals surface area contributed by atoms with E-state index in [0.717, 1.165) is 12.8 Å². The Balaban J connectivity index is 0.00000242. The first kappa shape index (κ1) is 18.1. The monoisotopic (exact) mass is 324 g/mol. The van der Waals surface area contributed by atoms with Crippen molar-refractivity contribution in [1.82, 2.24) is 14.9 Å². The lowest BCUT2D eigenvalue weighted by Crippen LogP contribution is -2.28. The maximum Gasteiger partial charge on any atom is 0.261 e. The number of nitrogens with two attached hydrogens (primary N) is 1. The van der Waals surface area contributed by atoms with Crippen LogP contribution in [-0.4, -0.2) is 28.5 Å². The predicted octanol–water partition coefficient (Wildman–Crippen LogP) is 1.06. The van der Waals surface area contributed by atoms with Crippen molar-refractivity contribution in [2.75, 3.05) is 13.1 Å². The van der Waals surface area contributed by atoms with Crippen LogP contribution in [0.3, 0.4) is 0 Å². The highest BCUT2D eigenvalue weighted by molar-refractivity contribution is 5.85. The average molecular weight is 325 g/mol. The Kier molecular flexibility index (Phi) is 7.56. The summed E-state index contributed by atoms with van der Waals surface area (Å²) >= 11 is 0. The van der Waals surface area contributed by atoms with Gasteiger partial charge in [0, 0.05) is 19.5 Å². The third-order valence-electron chi connectivity index (χ3n) is 3.26. The SMILES string of the molecule is Cl.NCCCCNC(=O)CCn1cnc2ccccc2c1=O. The molecule has 1 aromatic heterocycles.